The molecule has 0 bridgehead atoms. The van der Waals surface area contributed by atoms with Crippen molar-refractivity contribution >= 4 is 22.7 Å². The van der Waals surface area contributed by atoms with Crippen LogP contribution in [-0.4, -0.2) is 23.2 Å². The molecule has 0 aliphatic carbocycles. The van der Waals surface area contributed by atoms with E-state index in [0.717, 1.165) is 11.8 Å². The third kappa shape index (κ3) is 4.98. The lowest BCUT2D eigenvalue weighted by molar-refractivity contribution is -0.117. The van der Waals surface area contributed by atoms with Gasteiger partial charge in [-0.05, 0) is 19.6 Å². The van der Waals surface area contributed by atoms with Gasteiger partial charge in [0.1, 0.15) is 5.78 Å². The summed E-state index contributed by atoms with van der Waals surface area (Å²) in [7, 11) is 0. The van der Waals surface area contributed by atoms with Crippen LogP contribution in [0.4, 0.5) is 0 Å². The zero-order valence-corrected chi connectivity index (χ0v) is 7.61. The van der Waals surface area contributed by atoms with E-state index >= 15 is 0 Å². The molecular formula is C7H13NO2S. The lowest BCUT2D eigenvalue weighted by Crippen LogP contribution is -2.28. The number of hydrogen-bond acceptors (Lipinski definition) is 4. The van der Waals surface area contributed by atoms with Crippen molar-refractivity contribution in [3.8, 4) is 0 Å². The summed E-state index contributed by atoms with van der Waals surface area (Å²) in [5, 5.41) is -0.0498. The first-order chi connectivity index (χ1) is 5.07. The molecule has 0 spiro atoms. The Kier molecular flexibility index (Phi) is 5.15. The van der Waals surface area contributed by atoms with Crippen LogP contribution in [0.3, 0.4) is 0 Å². The van der Waals surface area contributed by atoms with E-state index in [1.54, 1.807) is 6.26 Å². The van der Waals surface area contributed by atoms with E-state index in [2.05, 4.69) is 0 Å². The summed E-state index contributed by atoms with van der Waals surface area (Å²) < 4.78 is 0. The van der Waals surface area contributed by atoms with E-state index < -0.39 is 6.04 Å². The van der Waals surface area contributed by atoms with Crippen LogP contribution in [0.25, 0.3) is 0 Å². The fourth-order valence-corrected chi connectivity index (χ4v) is 1.05. The summed E-state index contributed by atoms with van der Waals surface area (Å²) in [6.45, 7) is 1.50. The minimum absolute atomic E-state index is 0.0498. The van der Waals surface area contributed by atoms with Gasteiger partial charge in [-0.2, -0.15) is 0 Å². The Labute approximate surface area is 70.7 Å². The number of thioether (sulfide) groups is 1. The molecule has 0 amide bonds. The van der Waals surface area contributed by atoms with Gasteiger partial charge in [-0.1, -0.05) is 11.8 Å². The number of Topliss-reactive ketones (excluding diaryl/α,β-unsaturated/α-hetero) is 1. The minimum Gasteiger partial charge on any atom is -0.321 e. The van der Waals surface area contributed by atoms with Crippen LogP contribution in [-0.2, 0) is 9.59 Å². The van der Waals surface area contributed by atoms with Gasteiger partial charge in [-0.25, -0.2) is 0 Å². The average Bonchev–Trinajstić information content (AvgIpc) is 1.98. The van der Waals surface area contributed by atoms with Crippen molar-refractivity contribution in [2.45, 2.75) is 25.8 Å². The Bertz CT molecular complexity index is 159. The molecule has 3 nitrogen and oxygen atoms in total. The van der Waals surface area contributed by atoms with Crippen LogP contribution < -0.4 is 5.73 Å². The SMILES string of the molecule is CSC(=O)C(N)CCC(C)=O. The monoisotopic (exact) mass is 175 g/mol. The van der Waals surface area contributed by atoms with Crippen molar-refractivity contribution in [3.63, 3.8) is 0 Å². The van der Waals surface area contributed by atoms with Crippen molar-refractivity contribution < 1.29 is 9.59 Å². The number of rotatable bonds is 4. The number of nitrogens with two attached hydrogens (primary N) is 1. The lowest BCUT2D eigenvalue weighted by atomic mass is 10.1. The molecule has 2 N–H and O–H groups in total. The Morgan fingerprint density at radius 2 is 2.09 bits per heavy atom. The van der Waals surface area contributed by atoms with Crippen molar-refractivity contribution in [1.82, 2.24) is 0 Å². The zero-order valence-electron chi connectivity index (χ0n) is 6.79. The quantitative estimate of drug-likeness (QED) is 0.678. The molecule has 0 aromatic rings. The van der Waals surface area contributed by atoms with E-state index in [1.165, 1.54) is 6.92 Å². The van der Waals surface area contributed by atoms with E-state index in [1.807, 2.05) is 0 Å². The van der Waals surface area contributed by atoms with Gasteiger partial charge in [0, 0.05) is 6.42 Å². The summed E-state index contributed by atoms with van der Waals surface area (Å²) in [4.78, 5) is 21.3. The molecular weight excluding hydrogens is 162 g/mol. The first-order valence-corrected chi connectivity index (χ1v) is 4.63. The Morgan fingerprint density at radius 1 is 1.55 bits per heavy atom. The predicted molar refractivity (Wildman–Crippen MR) is 46.4 cm³/mol. The van der Waals surface area contributed by atoms with E-state index in [0.29, 0.717) is 12.8 Å². The standard InChI is InChI=1S/C7H13NO2S/c1-5(9)3-4-6(8)7(10)11-2/h6H,3-4,8H2,1-2H3. The highest BCUT2D eigenvalue weighted by Gasteiger charge is 2.11. The summed E-state index contributed by atoms with van der Waals surface area (Å²) in [5.74, 6) is 0.0781. The molecule has 1 unspecified atom stereocenters. The van der Waals surface area contributed by atoms with Crippen molar-refractivity contribution in [3.05, 3.63) is 0 Å². The Hall–Kier alpha value is -0.350. The molecule has 0 aromatic heterocycles. The molecule has 0 aliphatic rings. The van der Waals surface area contributed by atoms with Crippen LogP contribution in [0.2, 0.25) is 0 Å². The second-order valence-corrected chi connectivity index (χ2v) is 3.18. The highest BCUT2D eigenvalue weighted by atomic mass is 32.2. The molecule has 0 radical (unpaired) electrons. The summed E-state index contributed by atoms with van der Waals surface area (Å²) >= 11 is 1.11. The molecule has 4 heteroatoms. The van der Waals surface area contributed by atoms with Gasteiger partial charge in [-0.3, -0.25) is 4.79 Å². The van der Waals surface area contributed by atoms with Crippen LogP contribution in [0.1, 0.15) is 19.8 Å². The maximum Gasteiger partial charge on any atom is 0.205 e. The predicted octanol–water partition coefficient (Wildman–Crippen LogP) is 0.573. The van der Waals surface area contributed by atoms with Crippen molar-refractivity contribution in [2.24, 2.45) is 5.73 Å². The van der Waals surface area contributed by atoms with E-state index in [4.69, 9.17) is 5.73 Å². The highest BCUT2D eigenvalue weighted by molar-refractivity contribution is 8.13. The van der Waals surface area contributed by atoms with Crippen LogP contribution >= 0.6 is 11.8 Å². The van der Waals surface area contributed by atoms with Gasteiger partial charge in [0.15, 0.2) is 0 Å². The maximum atomic E-state index is 10.9. The third-order valence-corrected chi connectivity index (χ3v) is 2.02. The fraction of sp³-hybridized carbons (Fsp3) is 0.714. The van der Waals surface area contributed by atoms with Gasteiger partial charge in [0.2, 0.25) is 5.12 Å². The Morgan fingerprint density at radius 3 is 2.45 bits per heavy atom. The van der Waals surface area contributed by atoms with Gasteiger partial charge in [-0.15, -0.1) is 0 Å². The second kappa shape index (κ2) is 5.32. The molecule has 0 aliphatic heterocycles. The molecule has 11 heavy (non-hydrogen) atoms. The van der Waals surface area contributed by atoms with Crippen LogP contribution in [0, 0.1) is 0 Å². The summed E-state index contributed by atoms with van der Waals surface area (Å²) in [6, 6.07) is -0.478. The third-order valence-electron chi connectivity index (χ3n) is 1.31. The van der Waals surface area contributed by atoms with Crippen molar-refractivity contribution in [1.29, 1.82) is 0 Å². The molecule has 0 saturated carbocycles. The molecule has 1 atom stereocenters. The average molecular weight is 175 g/mol. The maximum absolute atomic E-state index is 10.9. The topological polar surface area (TPSA) is 60.2 Å². The van der Waals surface area contributed by atoms with Gasteiger partial charge < -0.3 is 10.5 Å². The van der Waals surface area contributed by atoms with Crippen LogP contribution in [0.5, 0.6) is 0 Å². The van der Waals surface area contributed by atoms with E-state index in [9.17, 15) is 9.59 Å². The Balaban J connectivity index is 3.60. The van der Waals surface area contributed by atoms with Crippen molar-refractivity contribution in [2.75, 3.05) is 6.26 Å². The smallest absolute Gasteiger partial charge is 0.205 e. The second-order valence-electron chi connectivity index (χ2n) is 2.37. The summed E-state index contributed by atoms with van der Waals surface area (Å²) in [6.07, 6.45) is 2.55. The number of carbonyl (C=O) groups is 2. The number of ketones is 1. The highest BCUT2D eigenvalue weighted by Crippen LogP contribution is 2.04. The first-order valence-electron chi connectivity index (χ1n) is 3.40. The molecule has 0 heterocycles. The largest absolute Gasteiger partial charge is 0.321 e. The molecule has 0 saturated heterocycles. The minimum atomic E-state index is -0.478. The zero-order chi connectivity index (χ0) is 8.85. The van der Waals surface area contributed by atoms with Gasteiger partial charge in [0.05, 0.1) is 6.04 Å². The van der Waals surface area contributed by atoms with E-state index in [-0.39, 0.29) is 10.9 Å². The molecule has 0 fully saturated rings. The molecule has 0 aromatic carbocycles. The normalized spacial score (nSPS) is 12.6. The van der Waals surface area contributed by atoms with Gasteiger partial charge >= 0.3 is 0 Å². The van der Waals surface area contributed by atoms with Gasteiger partial charge in [0.25, 0.3) is 0 Å². The number of hydrogen-bond donors (Lipinski definition) is 1. The first kappa shape index (κ1) is 10.7. The molecule has 64 valence electrons. The number of carbonyl (C=O) groups excluding carboxylic acids is 2. The lowest BCUT2D eigenvalue weighted by Gasteiger charge is -2.05. The van der Waals surface area contributed by atoms with Crippen LogP contribution in [0.15, 0.2) is 0 Å². The fourth-order valence-electron chi connectivity index (χ4n) is 0.628. The summed E-state index contributed by atoms with van der Waals surface area (Å²) in [5.41, 5.74) is 5.45. The molecule has 0 rings (SSSR count).